The third-order valence-electron chi connectivity index (χ3n) is 3.78. The first-order valence-electron chi connectivity index (χ1n) is 8.66. The van der Waals surface area contributed by atoms with E-state index in [0.717, 1.165) is 22.6 Å². The van der Waals surface area contributed by atoms with E-state index in [4.69, 9.17) is 13.9 Å². The Labute approximate surface area is 167 Å². The summed E-state index contributed by atoms with van der Waals surface area (Å²) in [5.74, 6) is 1.96. The van der Waals surface area contributed by atoms with E-state index < -0.39 is 0 Å². The van der Waals surface area contributed by atoms with E-state index in [2.05, 4.69) is 15.5 Å². The minimum atomic E-state index is -0.114. The number of methoxy groups -OCH3 is 1. The second-order valence-corrected chi connectivity index (χ2v) is 6.91. The predicted octanol–water partition coefficient (Wildman–Crippen LogP) is 3.37. The predicted molar refractivity (Wildman–Crippen MR) is 105 cm³/mol. The Kier molecular flexibility index (Phi) is 6.91. The van der Waals surface area contributed by atoms with Gasteiger partial charge in [0, 0.05) is 6.54 Å². The molecule has 0 aliphatic rings. The maximum Gasteiger partial charge on any atom is 0.277 e. The number of hydrogen-bond donors (Lipinski definition) is 1. The first-order valence-corrected chi connectivity index (χ1v) is 9.65. The number of aryl methyl sites for hydroxylation is 1. The third-order valence-corrected chi connectivity index (χ3v) is 4.59. The summed E-state index contributed by atoms with van der Waals surface area (Å²) < 4.78 is 16.2. The van der Waals surface area contributed by atoms with Gasteiger partial charge in [0.05, 0.1) is 12.9 Å². The van der Waals surface area contributed by atoms with Crippen LogP contribution in [0.2, 0.25) is 0 Å². The Morgan fingerprint density at radius 1 is 1.14 bits per heavy atom. The molecule has 0 atom stereocenters. The fourth-order valence-electron chi connectivity index (χ4n) is 2.33. The molecular formula is C20H21N3O4S. The van der Waals surface area contributed by atoms with Crippen LogP contribution >= 0.6 is 11.8 Å². The molecule has 1 N–H and O–H groups in total. The Balaban J connectivity index is 1.40. The summed E-state index contributed by atoms with van der Waals surface area (Å²) in [6.07, 6.45) is 0. The molecule has 146 valence electrons. The lowest BCUT2D eigenvalue weighted by molar-refractivity contribution is -0.118. The van der Waals surface area contributed by atoms with Crippen LogP contribution in [0, 0.1) is 6.92 Å². The average Bonchev–Trinajstić information content (AvgIpc) is 3.17. The summed E-state index contributed by atoms with van der Waals surface area (Å²) in [4.78, 5) is 12.0. The number of nitrogens with one attached hydrogen (secondary N) is 1. The summed E-state index contributed by atoms with van der Waals surface area (Å²) in [7, 11) is 1.62. The van der Waals surface area contributed by atoms with Crippen molar-refractivity contribution in [1.29, 1.82) is 0 Å². The number of aromatic nitrogens is 2. The fraction of sp³-hybridized carbons (Fsp3) is 0.250. The number of rotatable bonds is 9. The summed E-state index contributed by atoms with van der Waals surface area (Å²) in [6, 6.07) is 15.2. The topological polar surface area (TPSA) is 86.5 Å². The normalized spacial score (nSPS) is 10.5. The molecule has 1 aromatic heterocycles. The van der Waals surface area contributed by atoms with Crippen molar-refractivity contribution in [1.82, 2.24) is 15.5 Å². The first-order chi connectivity index (χ1) is 13.6. The largest absolute Gasteiger partial charge is 0.497 e. The Morgan fingerprint density at radius 3 is 2.71 bits per heavy atom. The number of amides is 1. The third kappa shape index (κ3) is 6.02. The minimum Gasteiger partial charge on any atom is -0.497 e. The molecule has 0 saturated heterocycles. The number of ether oxygens (including phenoxy) is 2. The maximum atomic E-state index is 12.0. The molecule has 0 saturated carbocycles. The lowest BCUT2D eigenvalue weighted by Crippen LogP contribution is -2.24. The molecule has 3 rings (SSSR count). The highest BCUT2D eigenvalue weighted by molar-refractivity contribution is 7.99. The van der Waals surface area contributed by atoms with Crippen LogP contribution in [0.3, 0.4) is 0 Å². The van der Waals surface area contributed by atoms with Gasteiger partial charge in [-0.3, -0.25) is 4.79 Å². The maximum absolute atomic E-state index is 12.0. The van der Waals surface area contributed by atoms with Crippen LogP contribution in [0.15, 0.2) is 58.2 Å². The van der Waals surface area contributed by atoms with Crippen LogP contribution in [-0.2, 0) is 17.9 Å². The van der Waals surface area contributed by atoms with Crippen molar-refractivity contribution in [2.45, 2.75) is 25.3 Å². The van der Waals surface area contributed by atoms with Gasteiger partial charge in [0.15, 0.2) is 6.61 Å². The number of hydrogen-bond acceptors (Lipinski definition) is 7. The van der Waals surface area contributed by atoms with Gasteiger partial charge in [-0.15, -0.1) is 10.2 Å². The summed E-state index contributed by atoms with van der Waals surface area (Å²) in [6.45, 7) is 2.62. The molecular weight excluding hydrogens is 378 g/mol. The standard InChI is InChI=1S/C20H21N3O4S/c1-14-4-3-5-17(10-14)26-12-19-22-23-20(27-19)28-13-18(24)21-11-15-6-8-16(25-2)9-7-15/h3-10H,11-13H2,1-2H3,(H,21,24). The van der Waals surface area contributed by atoms with Gasteiger partial charge in [0.1, 0.15) is 11.5 Å². The summed E-state index contributed by atoms with van der Waals surface area (Å²) in [5.41, 5.74) is 2.10. The number of benzene rings is 2. The lowest BCUT2D eigenvalue weighted by Gasteiger charge is -2.05. The van der Waals surface area contributed by atoms with Crippen LogP contribution in [-0.4, -0.2) is 29.0 Å². The lowest BCUT2D eigenvalue weighted by atomic mass is 10.2. The van der Waals surface area contributed by atoms with E-state index >= 15 is 0 Å². The van der Waals surface area contributed by atoms with Gasteiger partial charge in [-0.1, -0.05) is 36.0 Å². The molecule has 0 fully saturated rings. The van der Waals surface area contributed by atoms with Crippen LogP contribution in [0.4, 0.5) is 0 Å². The van der Waals surface area contributed by atoms with Crippen molar-refractivity contribution < 1.29 is 18.7 Å². The van der Waals surface area contributed by atoms with E-state index in [1.54, 1.807) is 7.11 Å². The van der Waals surface area contributed by atoms with Gasteiger partial charge in [0.25, 0.3) is 11.1 Å². The minimum absolute atomic E-state index is 0.114. The molecule has 0 aliphatic carbocycles. The molecule has 8 heteroatoms. The van der Waals surface area contributed by atoms with E-state index in [1.807, 2.05) is 55.5 Å². The second kappa shape index (κ2) is 9.80. The van der Waals surface area contributed by atoms with E-state index in [-0.39, 0.29) is 18.3 Å². The highest BCUT2D eigenvalue weighted by Gasteiger charge is 2.10. The molecule has 7 nitrogen and oxygen atoms in total. The van der Waals surface area contributed by atoms with Crippen molar-refractivity contribution in [2.75, 3.05) is 12.9 Å². The molecule has 0 radical (unpaired) electrons. The van der Waals surface area contributed by atoms with E-state index in [0.29, 0.717) is 17.7 Å². The SMILES string of the molecule is COc1ccc(CNC(=O)CSc2nnc(COc3cccc(C)c3)o2)cc1. The number of carbonyl (C=O) groups is 1. The van der Waals surface area contributed by atoms with Gasteiger partial charge in [-0.2, -0.15) is 0 Å². The van der Waals surface area contributed by atoms with Gasteiger partial charge in [0.2, 0.25) is 5.91 Å². The van der Waals surface area contributed by atoms with Crippen LogP contribution in [0.1, 0.15) is 17.0 Å². The molecule has 2 aromatic carbocycles. The highest BCUT2D eigenvalue weighted by Crippen LogP contribution is 2.18. The summed E-state index contributed by atoms with van der Waals surface area (Å²) >= 11 is 1.19. The molecule has 1 heterocycles. The van der Waals surface area contributed by atoms with Crippen molar-refractivity contribution >= 4 is 17.7 Å². The monoisotopic (exact) mass is 399 g/mol. The average molecular weight is 399 g/mol. The van der Waals surface area contributed by atoms with Crippen LogP contribution in [0.5, 0.6) is 11.5 Å². The molecule has 3 aromatic rings. The smallest absolute Gasteiger partial charge is 0.277 e. The number of carbonyl (C=O) groups excluding carboxylic acids is 1. The molecule has 0 aliphatic heterocycles. The molecule has 1 amide bonds. The first kappa shape index (κ1) is 19.8. The Hall–Kier alpha value is -3.00. The van der Waals surface area contributed by atoms with Gasteiger partial charge >= 0.3 is 0 Å². The van der Waals surface area contributed by atoms with Gasteiger partial charge in [-0.25, -0.2) is 0 Å². The fourth-order valence-corrected chi connectivity index (χ4v) is 2.94. The molecule has 0 spiro atoms. The van der Waals surface area contributed by atoms with E-state index in [1.165, 1.54) is 11.8 Å². The van der Waals surface area contributed by atoms with Crippen LogP contribution in [0.25, 0.3) is 0 Å². The molecule has 28 heavy (non-hydrogen) atoms. The van der Waals surface area contributed by atoms with Crippen molar-refractivity contribution in [3.8, 4) is 11.5 Å². The van der Waals surface area contributed by atoms with Gasteiger partial charge < -0.3 is 19.2 Å². The molecule has 0 bridgehead atoms. The van der Waals surface area contributed by atoms with Crippen molar-refractivity contribution in [3.63, 3.8) is 0 Å². The Morgan fingerprint density at radius 2 is 1.96 bits per heavy atom. The zero-order valence-corrected chi connectivity index (χ0v) is 16.5. The quantitative estimate of drug-likeness (QED) is 0.552. The number of nitrogens with zero attached hydrogens (tertiary/aromatic N) is 2. The van der Waals surface area contributed by atoms with Crippen molar-refractivity contribution in [3.05, 3.63) is 65.5 Å². The van der Waals surface area contributed by atoms with Gasteiger partial charge in [-0.05, 0) is 42.3 Å². The number of thioether (sulfide) groups is 1. The zero-order chi connectivity index (χ0) is 19.8. The zero-order valence-electron chi connectivity index (χ0n) is 15.7. The van der Waals surface area contributed by atoms with E-state index in [9.17, 15) is 4.79 Å². The highest BCUT2D eigenvalue weighted by atomic mass is 32.2. The summed E-state index contributed by atoms with van der Waals surface area (Å²) in [5, 5.41) is 11.0. The second-order valence-electron chi connectivity index (χ2n) is 5.98. The molecule has 0 unspecified atom stereocenters. The van der Waals surface area contributed by atoms with Crippen LogP contribution < -0.4 is 14.8 Å². The Bertz CT molecular complexity index is 912. The van der Waals surface area contributed by atoms with Crippen molar-refractivity contribution in [2.24, 2.45) is 0 Å².